The number of hydrogen-bond acceptors (Lipinski definition) is 3. The fourth-order valence-electron chi connectivity index (χ4n) is 5.57. The molecule has 4 atom stereocenters. The van der Waals surface area contributed by atoms with Crippen LogP contribution in [0.25, 0.3) is 0 Å². The molecule has 35 heavy (non-hydrogen) atoms. The summed E-state index contributed by atoms with van der Waals surface area (Å²) in [5, 5.41) is 0. The molecule has 4 unspecified atom stereocenters. The minimum absolute atomic E-state index is 0.0958. The highest BCUT2D eigenvalue weighted by atomic mass is 19.1. The Balaban J connectivity index is 1.63. The Kier molecular flexibility index (Phi) is 7.25. The molecule has 2 aliphatic rings. The Morgan fingerprint density at radius 1 is 1.11 bits per heavy atom. The molecule has 1 amide bonds. The molecule has 1 heterocycles. The molecule has 0 aromatic heterocycles. The van der Waals surface area contributed by atoms with Gasteiger partial charge in [0.25, 0.3) is 0 Å². The summed E-state index contributed by atoms with van der Waals surface area (Å²) in [6, 6.07) is 15.7. The highest BCUT2D eigenvalue weighted by Crippen LogP contribution is 2.44. The predicted octanol–water partition coefficient (Wildman–Crippen LogP) is 7.13. The van der Waals surface area contributed by atoms with E-state index in [0.29, 0.717) is 17.1 Å². The van der Waals surface area contributed by atoms with E-state index >= 15 is 0 Å². The van der Waals surface area contributed by atoms with Gasteiger partial charge in [-0.05, 0) is 47.4 Å². The number of ether oxygens (including phenoxy) is 1. The van der Waals surface area contributed by atoms with Crippen molar-refractivity contribution in [3.05, 3.63) is 96.0 Å². The van der Waals surface area contributed by atoms with Crippen molar-refractivity contribution in [3.8, 4) is 0 Å². The monoisotopic (exact) mass is 475 g/mol. The minimum atomic E-state index is -0.555. The normalized spacial score (nSPS) is 25.1. The number of rotatable bonds is 5. The average Bonchev–Trinajstić information content (AvgIpc) is 2.84. The Labute approximate surface area is 207 Å². The molecule has 0 spiro atoms. The molecule has 4 rings (SSSR count). The van der Waals surface area contributed by atoms with Gasteiger partial charge in [-0.15, -0.1) is 0 Å². The summed E-state index contributed by atoms with van der Waals surface area (Å²) in [5.74, 6) is 0.136. The number of benzene rings is 2. The van der Waals surface area contributed by atoms with E-state index in [1.165, 1.54) is 34.9 Å². The van der Waals surface area contributed by atoms with E-state index in [-0.39, 0.29) is 35.5 Å². The van der Waals surface area contributed by atoms with Gasteiger partial charge in [0.1, 0.15) is 11.9 Å². The third-order valence-electron chi connectivity index (χ3n) is 7.75. The lowest BCUT2D eigenvalue weighted by molar-refractivity contribution is -0.117. The Morgan fingerprint density at radius 2 is 1.80 bits per heavy atom. The van der Waals surface area contributed by atoms with Crippen LogP contribution in [0.1, 0.15) is 63.6 Å². The molecule has 0 radical (unpaired) electrons. The topological polar surface area (TPSA) is 46.6 Å². The summed E-state index contributed by atoms with van der Waals surface area (Å²) in [7, 11) is 0. The zero-order chi connectivity index (χ0) is 25.2. The van der Waals surface area contributed by atoms with E-state index in [0.717, 1.165) is 19.3 Å². The minimum Gasteiger partial charge on any atom is -0.446 e. The van der Waals surface area contributed by atoms with E-state index in [4.69, 9.17) is 4.74 Å². The Hall–Kier alpha value is -3.21. The third kappa shape index (κ3) is 5.24. The van der Waals surface area contributed by atoms with E-state index in [2.05, 4.69) is 39.5 Å². The molecule has 0 N–H and O–H groups in total. The van der Waals surface area contributed by atoms with Crippen molar-refractivity contribution in [2.75, 3.05) is 0 Å². The molecule has 5 heteroatoms. The molecule has 1 aliphatic carbocycles. The second kappa shape index (κ2) is 10.2. The molecule has 0 bridgehead atoms. The highest BCUT2D eigenvalue weighted by molar-refractivity contribution is 6.00. The van der Waals surface area contributed by atoms with E-state index < -0.39 is 12.1 Å². The SMILES string of the molecule is C=CC1=CN(C(=O)OC2CC(C)CCC2C(C)(C)c2ccccc2)C(c2ccc(F)cc2)CC1=O. The number of hydrogen-bond donors (Lipinski definition) is 0. The van der Waals surface area contributed by atoms with Gasteiger partial charge in [-0.25, -0.2) is 9.18 Å². The van der Waals surface area contributed by atoms with Crippen molar-refractivity contribution >= 4 is 11.9 Å². The number of allylic oxidation sites excluding steroid dienone is 2. The van der Waals surface area contributed by atoms with Crippen LogP contribution in [-0.2, 0) is 14.9 Å². The molecular weight excluding hydrogens is 441 g/mol. The van der Waals surface area contributed by atoms with Crippen molar-refractivity contribution in [3.63, 3.8) is 0 Å². The molecule has 1 fully saturated rings. The standard InChI is InChI=1S/C30H34FNO3/c1-5-21-19-32(26(18-27(21)33)22-12-14-24(31)15-13-22)29(34)35-28-17-20(2)11-16-25(28)30(3,4)23-9-7-6-8-10-23/h5-10,12-15,19-20,25-26,28H,1,11,16-18H2,2-4H3. The highest BCUT2D eigenvalue weighted by Gasteiger charge is 2.43. The van der Waals surface area contributed by atoms with Crippen LogP contribution in [0, 0.1) is 17.7 Å². The van der Waals surface area contributed by atoms with Crippen LogP contribution in [0.15, 0.2) is 79.0 Å². The number of ketones is 1. The van der Waals surface area contributed by atoms with Gasteiger partial charge in [0.2, 0.25) is 0 Å². The summed E-state index contributed by atoms with van der Waals surface area (Å²) in [4.78, 5) is 27.7. The van der Waals surface area contributed by atoms with Crippen LogP contribution >= 0.6 is 0 Å². The molecule has 0 saturated heterocycles. The summed E-state index contributed by atoms with van der Waals surface area (Å²) in [6.45, 7) is 10.4. The maximum Gasteiger partial charge on any atom is 0.414 e. The zero-order valence-corrected chi connectivity index (χ0v) is 20.7. The molecule has 2 aromatic rings. The second-order valence-corrected chi connectivity index (χ2v) is 10.4. The molecular formula is C30H34FNO3. The lowest BCUT2D eigenvalue weighted by atomic mass is 9.64. The summed E-state index contributed by atoms with van der Waals surface area (Å²) >= 11 is 0. The second-order valence-electron chi connectivity index (χ2n) is 10.4. The molecule has 2 aromatic carbocycles. The van der Waals surface area contributed by atoms with Crippen molar-refractivity contribution in [1.82, 2.24) is 4.90 Å². The third-order valence-corrected chi connectivity index (χ3v) is 7.75. The lowest BCUT2D eigenvalue weighted by Crippen LogP contribution is -2.46. The van der Waals surface area contributed by atoms with E-state index in [1.54, 1.807) is 12.1 Å². The van der Waals surface area contributed by atoms with Crippen molar-refractivity contribution in [2.24, 2.45) is 11.8 Å². The van der Waals surface area contributed by atoms with Crippen molar-refractivity contribution in [2.45, 2.75) is 64.0 Å². The maximum absolute atomic E-state index is 13.6. The van der Waals surface area contributed by atoms with Crippen LogP contribution in [0.2, 0.25) is 0 Å². The lowest BCUT2D eigenvalue weighted by Gasteiger charge is -2.44. The fraction of sp³-hybridized carbons (Fsp3) is 0.400. The number of Topliss-reactive ketones (excluding diaryl/α,β-unsaturated/α-hetero) is 1. The van der Waals surface area contributed by atoms with Crippen LogP contribution in [0.5, 0.6) is 0 Å². The average molecular weight is 476 g/mol. The molecule has 1 saturated carbocycles. The number of carbonyl (C=O) groups is 2. The number of amides is 1. The van der Waals surface area contributed by atoms with Gasteiger partial charge in [0, 0.05) is 24.1 Å². The zero-order valence-electron chi connectivity index (χ0n) is 20.7. The first-order valence-corrected chi connectivity index (χ1v) is 12.4. The van der Waals surface area contributed by atoms with E-state index in [9.17, 15) is 14.0 Å². The smallest absolute Gasteiger partial charge is 0.414 e. The molecule has 184 valence electrons. The fourth-order valence-corrected chi connectivity index (χ4v) is 5.57. The molecule has 4 nitrogen and oxygen atoms in total. The summed E-state index contributed by atoms with van der Waals surface area (Å²) in [5.41, 5.74) is 2.11. The van der Waals surface area contributed by atoms with Crippen LogP contribution in [0.4, 0.5) is 9.18 Å². The quantitative estimate of drug-likeness (QED) is 0.462. The first-order valence-electron chi connectivity index (χ1n) is 12.4. The summed E-state index contributed by atoms with van der Waals surface area (Å²) in [6.07, 6.45) is 5.19. The number of carbonyl (C=O) groups excluding carboxylic acids is 2. The Morgan fingerprint density at radius 3 is 2.46 bits per heavy atom. The van der Waals surface area contributed by atoms with Gasteiger partial charge in [-0.1, -0.05) is 82.3 Å². The maximum atomic E-state index is 13.6. The predicted molar refractivity (Wildman–Crippen MR) is 135 cm³/mol. The van der Waals surface area contributed by atoms with Gasteiger partial charge in [-0.2, -0.15) is 0 Å². The van der Waals surface area contributed by atoms with Crippen LogP contribution in [-0.4, -0.2) is 22.9 Å². The summed E-state index contributed by atoms with van der Waals surface area (Å²) < 4.78 is 19.8. The van der Waals surface area contributed by atoms with Crippen molar-refractivity contribution in [1.29, 1.82) is 0 Å². The first-order chi connectivity index (χ1) is 16.7. The van der Waals surface area contributed by atoms with Gasteiger partial charge >= 0.3 is 6.09 Å². The van der Waals surface area contributed by atoms with Crippen LogP contribution in [0.3, 0.4) is 0 Å². The molecule has 1 aliphatic heterocycles. The Bertz CT molecular complexity index is 1110. The number of nitrogens with zero attached hydrogens (tertiary/aromatic N) is 1. The largest absolute Gasteiger partial charge is 0.446 e. The van der Waals surface area contributed by atoms with Gasteiger partial charge in [0.05, 0.1) is 6.04 Å². The van der Waals surface area contributed by atoms with E-state index in [1.807, 2.05) is 18.2 Å². The van der Waals surface area contributed by atoms with Gasteiger partial charge in [-0.3, -0.25) is 9.69 Å². The van der Waals surface area contributed by atoms with Gasteiger partial charge < -0.3 is 4.74 Å². The number of halogens is 1. The first kappa shape index (κ1) is 24.9. The van der Waals surface area contributed by atoms with Crippen molar-refractivity contribution < 1.29 is 18.7 Å². The van der Waals surface area contributed by atoms with Gasteiger partial charge in [0.15, 0.2) is 5.78 Å². The van der Waals surface area contributed by atoms with Crippen LogP contribution < -0.4 is 0 Å².